The van der Waals surface area contributed by atoms with Gasteiger partial charge in [0.05, 0.1) is 5.56 Å². The molecule has 0 bridgehead atoms. The third-order valence-corrected chi connectivity index (χ3v) is 4.07. The van der Waals surface area contributed by atoms with E-state index in [1.54, 1.807) is 12.2 Å². The van der Waals surface area contributed by atoms with Crippen molar-refractivity contribution in [3.05, 3.63) is 77.5 Å². The number of aromatic amines is 1. The Labute approximate surface area is 145 Å². The maximum atomic E-state index is 12.8. The number of para-hydroxylation sites is 1. The lowest BCUT2D eigenvalue weighted by atomic mass is 10.0. The van der Waals surface area contributed by atoms with Crippen LogP contribution in [-0.2, 0) is 11.2 Å². The summed E-state index contributed by atoms with van der Waals surface area (Å²) in [6.45, 7) is 0. The van der Waals surface area contributed by atoms with Crippen LogP contribution in [0, 0.1) is 0 Å². The number of fused-ring (bicyclic) bond motifs is 1. The Hall–Kier alpha value is -3.14. The molecule has 0 saturated carbocycles. The van der Waals surface area contributed by atoms with Crippen LogP contribution in [0.2, 0.25) is 0 Å². The highest BCUT2D eigenvalue weighted by molar-refractivity contribution is 6.15. The summed E-state index contributed by atoms with van der Waals surface area (Å²) >= 11 is 0. The topological polar surface area (TPSA) is 70.2 Å². The molecule has 0 saturated heterocycles. The minimum absolute atomic E-state index is 0.0772. The molecule has 0 amide bonds. The molecule has 0 fully saturated rings. The highest BCUT2D eigenvalue weighted by Gasteiger charge is 2.16. The van der Waals surface area contributed by atoms with Gasteiger partial charge in [0.25, 0.3) is 0 Å². The summed E-state index contributed by atoms with van der Waals surface area (Å²) in [5, 5.41) is 9.70. The molecule has 4 nitrogen and oxygen atoms in total. The molecule has 2 N–H and O–H groups in total. The number of ketones is 1. The number of carboxylic acids is 1. The number of carbonyl (C=O) groups is 2. The minimum Gasteiger partial charge on any atom is -0.481 e. The van der Waals surface area contributed by atoms with Gasteiger partial charge in [0.2, 0.25) is 0 Å². The number of aliphatic carboxylic acids is 1. The number of rotatable bonds is 7. The maximum Gasteiger partial charge on any atom is 0.303 e. The fourth-order valence-corrected chi connectivity index (χ4v) is 2.90. The molecule has 0 radical (unpaired) electrons. The van der Waals surface area contributed by atoms with Gasteiger partial charge in [-0.2, -0.15) is 0 Å². The van der Waals surface area contributed by atoms with Crippen molar-refractivity contribution in [2.75, 3.05) is 0 Å². The van der Waals surface area contributed by atoms with Gasteiger partial charge in [-0.25, -0.2) is 0 Å². The molecule has 3 aromatic rings. The van der Waals surface area contributed by atoms with Crippen LogP contribution in [-0.4, -0.2) is 21.8 Å². The molecule has 0 unspecified atom stereocenters. The van der Waals surface area contributed by atoms with Crippen molar-refractivity contribution in [2.24, 2.45) is 0 Å². The van der Waals surface area contributed by atoms with Crippen LogP contribution < -0.4 is 0 Å². The van der Waals surface area contributed by atoms with Crippen molar-refractivity contribution >= 4 is 28.7 Å². The molecule has 0 spiro atoms. The summed E-state index contributed by atoms with van der Waals surface area (Å²) in [6.07, 6.45) is 4.48. The predicted octanol–water partition coefficient (Wildman–Crippen LogP) is 4.47. The summed E-state index contributed by atoms with van der Waals surface area (Å²) in [7, 11) is 0. The summed E-state index contributed by atoms with van der Waals surface area (Å²) in [6, 6.07) is 17.3. The Morgan fingerprint density at radius 2 is 1.72 bits per heavy atom. The molecule has 3 rings (SSSR count). The standard InChI is InChI=1S/C21H19NO3/c23-19(14-13-15-7-2-1-3-8-15)21-16-9-4-5-10-17(16)22-18(21)11-6-12-20(24)25/h1-5,7-10,13-14,22H,6,11-12H2,(H,24,25)/b14-13+. The number of H-pyrrole nitrogens is 1. The fourth-order valence-electron chi connectivity index (χ4n) is 2.90. The third-order valence-electron chi connectivity index (χ3n) is 4.07. The van der Waals surface area contributed by atoms with Crippen LogP contribution in [0.25, 0.3) is 17.0 Å². The lowest BCUT2D eigenvalue weighted by Crippen LogP contribution is -2.01. The summed E-state index contributed by atoms with van der Waals surface area (Å²) in [4.78, 5) is 26.8. The first-order valence-electron chi connectivity index (χ1n) is 8.24. The number of benzene rings is 2. The normalized spacial score (nSPS) is 11.2. The first-order valence-corrected chi connectivity index (χ1v) is 8.24. The molecular formula is C21H19NO3. The lowest BCUT2D eigenvalue weighted by Gasteiger charge is -2.01. The van der Waals surface area contributed by atoms with Crippen molar-refractivity contribution in [1.29, 1.82) is 0 Å². The van der Waals surface area contributed by atoms with E-state index < -0.39 is 5.97 Å². The molecule has 126 valence electrons. The number of carbonyl (C=O) groups excluding carboxylic acids is 1. The maximum absolute atomic E-state index is 12.8. The van der Waals surface area contributed by atoms with E-state index in [4.69, 9.17) is 5.11 Å². The second kappa shape index (κ2) is 7.62. The first kappa shape index (κ1) is 16.7. The van der Waals surface area contributed by atoms with Gasteiger partial charge < -0.3 is 10.1 Å². The molecule has 1 heterocycles. The van der Waals surface area contributed by atoms with Gasteiger partial charge in [0, 0.05) is 23.0 Å². The number of aryl methyl sites for hydroxylation is 1. The van der Waals surface area contributed by atoms with Crippen LogP contribution >= 0.6 is 0 Å². The number of allylic oxidation sites excluding steroid dienone is 1. The van der Waals surface area contributed by atoms with Gasteiger partial charge in [0.15, 0.2) is 5.78 Å². The average molecular weight is 333 g/mol. The lowest BCUT2D eigenvalue weighted by molar-refractivity contribution is -0.137. The van der Waals surface area contributed by atoms with Crippen molar-refractivity contribution in [1.82, 2.24) is 4.98 Å². The second-order valence-corrected chi connectivity index (χ2v) is 5.88. The number of nitrogens with one attached hydrogen (secondary N) is 1. The SMILES string of the molecule is O=C(O)CCCc1[nH]c2ccccc2c1C(=O)/C=C/c1ccccc1. The largest absolute Gasteiger partial charge is 0.481 e. The molecule has 2 aromatic carbocycles. The van der Waals surface area contributed by atoms with E-state index in [0.717, 1.165) is 22.2 Å². The fraction of sp³-hybridized carbons (Fsp3) is 0.143. The second-order valence-electron chi connectivity index (χ2n) is 5.88. The molecule has 4 heteroatoms. The van der Waals surface area contributed by atoms with Crippen LogP contribution in [0.1, 0.15) is 34.5 Å². The average Bonchev–Trinajstić information content (AvgIpc) is 2.98. The molecule has 0 aliphatic rings. The highest BCUT2D eigenvalue weighted by atomic mass is 16.4. The van der Waals surface area contributed by atoms with Crippen molar-refractivity contribution < 1.29 is 14.7 Å². The smallest absolute Gasteiger partial charge is 0.303 e. The quantitative estimate of drug-likeness (QED) is 0.495. The van der Waals surface area contributed by atoms with Crippen LogP contribution in [0.4, 0.5) is 0 Å². The Morgan fingerprint density at radius 1 is 1.00 bits per heavy atom. The molecule has 1 aromatic heterocycles. The zero-order valence-corrected chi connectivity index (χ0v) is 13.7. The minimum atomic E-state index is -0.826. The molecular weight excluding hydrogens is 314 g/mol. The number of hydrogen-bond donors (Lipinski definition) is 2. The van der Waals surface area contributed by atoms with E-state index in [-0.39, 0.29) is 12.2 Å². The van der Waals surface area contributed by atoms with Crippen molar-refractivity contribution in [3.8, 4) is 0 Å². The molecule has 0 atom stereocenters. The van der Waals surface area contributed by atoms with Crippen LogP contribution in [0.5, 0.6) is 0 Å². The first-order chi connectivity index (χ1) is 12.1. The monoisotopic (exact) mass is 333 g/mol. The molecule has 0 aliphatic carbocycles. The van der Waals surface area contributed by atoms with E-state index in [9.17, 15) is 9.59 Å². The van der Waals surface area contributed by atoms with E-state index in [0.29, 0.717) is 18.4 Å². The summed E-state index contributed by atoms with van der Waals surface area (Å²) in [5.41, 5.74) is 3.28. The number of carboxylic acid groups (broad SMARTS) is 1. The van der Waals surface area contributed by atoms with Gasteiger partial charge in [-0.1, -0.05) is 54.6 Å². The zero-order valence-electron chi connectivity index (χ0n) is 13.7. The van der Waals surface area contributed by atoms with Gasteiger partial charge in [0.1, 0.15) is 0 Å². The van der Waals surface area contributed by atoms with Crippen LogP contribution in [0.3, 0.4) is 0 Å². The highest BCUT2D eigenvalue weighted by Crippen LogP contribution is 2.25. The predicted molar refractivity (Wildman–Crippen MR) is 98.7 cm³/mol. The van der Waals surface area contributed by atoms with Gasteiger partial charge in [-0.05, 0) is 30.5 Å². The third kappa shape index (κ3) is 4.04. The number of hydrogen-bond acceptors (Lipinski definition) is 2. The Morgan fingerprint density at radius 3 is 2.48 bits per heavy atom. The molecule has 25 heavy (non-hydrogen) atoms. The van der Waals surface area contributed by atoms with E-state index in [1.165, 1.54) is 0 Å². The molecule has 0 aliphatic heterocycles. The van der Waals surface area contributed by atoms with E-state index >= 15 is 0 Å². The van der Waals surface area contributed by atoms with Crippen LogP contribution in [0.15, 0.2) is 60.7 Å². The number of aromatic nitrogens is 1. The Balaban J connectivity index is 1.91. The van der Waals surface area contributed by atoms with Gasteiger partial charge in [-0.15, -0.1) is 0 Å². The Bertz CT molecular complexity index is 923. The van der Waals surface area contributed by atoms with E-state index in [1.807, 2.05) is 54.6 Å². The van der Waals surface area contributed by atoms with Gasteiger partial charge in [-0.3, -0.25) is 9.59 Å². The summed E-state index contributed by atoms with van der Waals surface area (Å²) < 4.78 is 0. The van der Waals surface area contributed by atoms with Crippen molar-refractivity contribution in [2.45, 2.75) is 19.3 Å². The van der Waals surface area contributed by atoms with Gasteiger partial charge >= 0.3 is 5.97 Å². The zero-order chi connectivity index (χ0) is 17.6. The summed E-state index contributed by atoms with van der Waals surface area (Å²) in [5.74, 6) is -0.903. The Kier molecular flexibility index (Phi) is 5.09. The van der Waals surface area contributed by atoms with Crippen molar-refractivity contribution in [3.63, 3.8) is 0 Å². The van der Waals surface area contributed by atoms with E-state index in [2.05, 4.69) is 4.98 Å².